The van der Waals surface area contributed by atoms with Gasteiger partial charge in [-0.25, -0.2) is 8.42 Å². The molecule has 2 aliphatic rings. The maximum atomic E-state index is 11.9. The molecule has 1 heterocycles. The second kappa shape index (κ2) is 4.29. The largest absolute Gasteiger partial charge is 0.349 e. The summed E-state index contributed by atoms with van der Waals surface area (Å²) in [4.78, 5) is 11.9. The fourth-order valence-corrected chi connectivity index (χ4v) is 4.54. The molecule has 2 fully saturated rings. The summed E-state index contributed by atoms with van der Waals surface area (Å²) in [5.74, 6) is -0.136. The van der Waals surface area contributed by atoms with Crippen molar-refractivity contribution < 1.29 is 13.2 Å². The van der Waals surface area contributed by atoms with Crippen molar-refractivity contribution in [1.29, 1.82) is 0 Å². The van der Waals surface area contributed by atoms with Gasteiger partial charge in [0.2, 0.25) is 5.91 Å². The van der Waals surface area contributed by atoms with Gasteiger partial charge in [0.05, 0.1) is 5.75 Å². The van der Waals surface area contributed by atoms with E-state index in [2.05, 4.69) is 21.2 Å². The average molecular weight is 310 g/mol. The van der Waals surface area contributed by atoms with Crippen LogP contribution in [0.5, 0.6) is 0 Å². The van der Waals surface area contributed by atoms with E-state index in [9.17, 15) is 13.2 Å². The van der Waals surface area contributed by atoms with E-state index in [1.165, 1.54) is 0 Å². The number of alkyl halides is 1. The van der Waals surface area contributed by atoms with Crippen molar-refractivity contribution in [1.82, 2.24) is 5.32 Å². The van der Waals surface area contributed by atoms with E-state index in [4.69, 9.17) is 0 Å². The van der Waals surface area contributed by atoms with E-state index in [-0.39, 0.29) is 17.2 Å². The molecule has 4 nitrogen and oxygen atoms in total. The minimum Gasteiger partial charge on any atom is -0.349 e. The van der Waals surface area contributed by atoms with E-state index in [0.29, 0.717) is 18.2 Å². The second-order valence-corrected chi connectivity index (χ2v) is 7.62. The first-order chi connectivity index (χ1) is 7.49. The van der Waals surface area contributed by atoms with E-state index < -0.39 is 15.1 Å². The van der Waals surface area contributed by atoms with Crippen LogP contribution in [0, 0.1) is 0 Å². The maximum absolute atomic E-state index is 11.9. The lowest BCUT2D eigenvalue weighted by molar-refractivity contribution is -0.121. The second-order valence-electron chi connectivity index (χ2n) is 4.75. The quantitative estimate of drug-likeness (QED) is 0.791. The summed E-state index contributed by atoms with van der Waals surface area (Å²) >= 11 is 3.35. The van der Waals surface area contributed by atoms with Crippen LogP contribution in [0.3, 0.4) is 0 Å². The molecule has 1 saturated heterocycles. The highest BCUT2D eigenvalue weighted by Crippen LogP contribution is 2.37. The number of sulfone groups is 1. The Morgan fingerprint density at radius 1 is 1.38 bits per heavy atom. The molecule has 1 aliphatic carbocycles. The Hall–Kier alpha value is -0.100. The predicted molar refractivity (Wildman–Crippen MR) is 65.3 cm³/mol. The van der Waals surface area contributed by atoms with E-state index in [1.54, 1.807) is 0 Å². The molecule has 2 rings (SSSR count). The maximum Gasteiger partial charge on any atom is 0.238 e. The van der Waals surface area contributed by atoms with Gasteiger partial charge in [-0.05, 0) is 25.7 Å². The Labute approximate surface area is 104 Å². The van der Waals surface area contributed by atoms with Gasteiger partial charge in [0.1, 0.15) is 5.25 Å². The summed E-state index contributed by atoms with van der Waals surface area (Å²) in [6, 6.07) is 0. The van der Waals surface area contributed by atoms with E-state index in [0.717, 1.165) is 19.3 Å². The van der Waals surface area contributed by atoms with Crippen LogP contribution in [0.15, 0.2) is 0 Å². The Balaban J connectivity index is 2.04. The summed E-state index contributed by atoms with van der Waals surface area (Å²) in [7, 11) is -3.20. The fourth-order valence-electron chi connectivity index (χ4n) is 2.03. The minimum absolute atomic E-state index is 0.159. The molecule has 1 saturated carbocycles. The molecule has 1 N–H and O–H groups in total. The van der Waals surface area contributed by atoms with Crippen molar-refractivity contribution in [2.45, 2.75) is 42.9 Å². The number of carbonyl (C=O) groups excluding carboxylic acids is 1. The number of hydrogen-bond acceptors (Lipinski definition) is 3. The zero-order chi connectivity index (χ0) is 11.8. The number of carbonyl (C=O) groups is 1. The molecule has 0 aromatic rings. The molecular weight excluding hydrogens is 294 g/mol. The van der Waals surface area contributed by atoms with Crippen LogP contribution in [-0.2, 0) is 14.6 Å². The number of nitrogens with one attached hydrogen (secondary N) is 1. The summed E-state index contributed by atoms with van der Waals surface area (Å²) in [6.45, 7) is 0. The number of amides is 1. The highest BCUT2D eigenvalue weighted by Gasteiger charge is 2.46. The van der Waals surface area contributed by atoms with Gasteiger partial charge in [0, 0.05) is 10.9 Å². The van der Waals surface area contributed by atoms with Gasteiger partial charge in [0.25, 0.3) is 0 Å². The predicted octanol–water partition coefficient (Wildman–Crippen LogP) is 0.997. The Bertz CT molecular complexity index is 389. The Kier molecular flexibility index (Phi) is 3.32. The summed E-state index contributed by atoms with van der Waals surface area (Å²) in [5, 5.41) is 2.78. The van der Waals surface area contributed by atoms with Crippen molar-refractivity contribution in [2.24, 2.45) is 0 Å². The molecule has 1 amide bonds. The normalized spacial score (nSPS) is 30.7. The van der Waals surface area contributed by atoms with Crippen molar-refractivity contribution >= 4 is 31.7 Å². The summed E-state index contributed by atoms with van der Waals surface area (Å²) in [6.07, 6.45) is 3.88. The summed E-state index contributed by atoms with van der Waals surface area (Å²) < 4.78 is 23.5. The van der Waals surface area contributed by atoms with E-state index in [1.807, 2.05) is 0 Å². The lowest BCUT2D eigenvalue weighted by Gasteiger charge is -2.24. The molecule has 1 atom stereocenters. The molecule has 6 heteroatoms. The van der Waals surface area contributed by atoms with Crippen molar-refractivity contribution in [2.75, 3.05) is 11.1 Å². The zero-order valence-corrected chi connectivity index (χ0v) is 11.4. The van der Waals surface area contributed by atoms with Crippen LogP contribution in [0.1, 0.15) is 32.1 Å². The number of rotatable bonds is 3. The number of halogens is 1. The third-order valence-electron chi connectivity index (χ3n) is 3.37. The van der Waals surface area contributed by atoms with Crippen LogP contribution in [0.4, 0.5) is 0 Å². The molecule has 0 aromatic heterocycles. The lowest BCUT2D eigenvalue weighted by Crippen LogP contribution is -2.48. The van der Waals surface area contributed by atoms with E-state index >= 15 is 0 Å². The van der Waals surface area contributed by atoms with Gasteiger partial charge >= 0.3 is 0 Å². The molecule has 1 aliphatic heterocycles. The number of hydrogen-bond donors (Lipinski definition) is 1. The highest BCUT2D eigenvalue weighted by atomic mass is 79.9. The lowest BCUT2D eigenvalue weighted by atomic mass is 10.1. The Morgan fingerprint density at radius 3 is 2.56 bits per heavy atom. The molecule has 0 radical (unpaired) electrons. The van der Waals surface area contributed by atoms with Crippen LogP contribution < -0.4 is 5.32 Å². The van der Waals surface area contributed by atoms with Gasteiger partial charge in [-0.2, -0.15) is 0 Å². The molecule has 0 aromatic carbocycles. The zero-order valence-electron chi connectivity index (χ0n) is 9.04. The van der Waals surface area contributed by atoms with Crippen molar-refractivity contribution in [3.8, 4) is 0 Å². The fraction of sp³-hybridized carbons (Fsp3) is 0.900. The van der Waals surface area contributed by atoms with Gasteiger partial charge in [0.15, 0.2) is 9.84 Å². The van der Waals surface area contributed by atoms with Crippen LogP contribution in [-0.4, -0.2) is 36.2 Å². The smallest absolute Gasteiger partial charge is 0.238 e. The third-order valence-corrected chi connectivity index (χ3v) is 6.62. The third kappa shape index (κ3) is 2.42. The molecule has 16 heavy (non-hydrogen) atoms. The van der Waals surface area contributed by atoms with Gasteiger partial charge in [-0.3, -0.25) is 4.79 Å². The summed E-state index contributed by atoms with van der Waals surface area (Å²) in [5.41, 5.74) is -0.163. The van der Waals surface area contributed by atoms with Crippen molar-refractivity contribution in [3.63, 3.8) is 0 Å². The van der Waals surface area contributed by atoms with Gasteiger partial charge in [-0.1, -0.05) is 22.4 Å². The first-order valence-electron chi connectivity index (χ1n) is 5.59. The van der Waals surface area contributed by atoms with Crippen LogP contribution in [0.25, 0.3) is 0 Å². The van der Waals surface area contributed by atoms with Gasteiger partial charge < -0.3 is 5.32 Å². The molecular formula is C10H16BrNO3S. The van der Waals surface area contributed by atoms with Gasteiger partial charge in [-0.15, -0.1) is 0 Å². The molecule has 0 spiro atoms. The molecule has 1 unspecified atom stereocenters. The van der Waals surface area contributed by atoms with Crippen LogP contribution >= 0.6 is 15.9 Å². The van der Waals surface area contributed by atoms with Crippen LogP contribution in [0.2, 0.25) is 0 Å². The first kappa shape index (κ1) is 12.4. The molecule has 0 bridgehead atoms. The average Bonchev–Trinajstić information content (AvgIpc) is 2.97. The molecule has 92 valence electrons. The highest BCUT2D eigenvalue weighted by molar-refractivity contribution is 9.09. The van der Waals surface area contributed by atoms with Crippen molar-refractivity contribution in [3.05, 3.63) is 0 Å². The standard InChI is InChI=1S/C10H16BrNO3S/c11-7-10(4-5-10)12-9(13)8-3-1-2-6-16(8,14)15/h8H,1-7H2,(H,12,13). The monoisotopic (exact) mass is 309 g/mol. The topological polar surface area (TPSA) is 63.2 Å². The Morgan fingerprint density at radius 2 is 2.06 bits per heavy atom. The SMILES string of the molecule is O=C(NC1(CBr)CC1)C1CCCCS1(=O)=O. The minimum atomic E-state index is -3.20. The first-order valence-corrected chi connectivity index (χ1v) is 8.42.